The highest BCUT2D eigenvalue weighted by atomic mass is 16.5. The average molecular weight is 467 g/mol. The van der Waals surface area contributed by atoms with Crippen LogP contribution in [0.1, 0.15) is 11.1 Å². The van der Waals surface area contributed by atoms with Gasteiger partial charge in [-0.15, -0.1) is 0 Å². The number of furan rings is 1. The molecule has 0 atom stereocenters. The van der Waals surface area contributed by atoms with Crippen LogP contribution in [0, 0.1) is 0 Å². The molecule has 3 aromatic carbocycles. The minimum absolute atomic E-state index is 0.420. The van der Waals surface area contributed by atoms with Gasteiger partial charge in [-0.2, -0.15) is 0 Å². The first-order valence-electron chi connectivity index (χ1n) is 11.9. The Kier molecular flexibility index (Phi) is 5.80. The van der Waals surface area contributed by atoms with E-state index < -0.39 is 0 Å². The molecule has 0 aliphatic carbocycles. The summed E-state index contributed by atoms with van der Waals surface area (Å²) in [5.74, 6) is 4.21. The van der Waals surface area contributed by atoms with E-state index in [1.165, 1.54) is 0 Å². The summed E-state index contributed by atoms with van der Waals surface area (Å²) in [7, 11) is 0. The maximum Gasteiger partial charge on any atom is 0.139 e. The summed E-state index contributed by atoms with van der Waals surface area (Å²) in [6.45, 7) is 4.27. The molecule has 0 saturated heterocycles. The van der Waals surface area contributed by atoms with Crippen LogP contribution in [0.25, 0.3) is 22.3 Å². The second kappa shape index (κ2) is 9.54. The molecule has 0 bridgehead atoms. The molecular weight excluding hydrogens is 440 g/mol. The van der Waals surface area contributed by atoms with E-state index in [4.69, 9.17) is 13.9 Å². The summed E-state index contributed by atoms with van der Waals surface area (Å²) in [4.78, 5) is 8.94. The van der Waals surface area contributed by atoms with E-state index in [0.29, 0.717) is 13.2 Å². The highest BCUT2D eigenvalue weighted by Crippen LogP contribution is 2.34. The first-order valence-corrected chi connectivity index (χ1v) is 11.9. The van der Waals surface area contributed by atoms with Gasteiger partial charge in [-0.1, -0.05) is 24.3 Å². The number of hydrogen-bond donors (Lipinski definition) is 2. The molecule has 0 spiro atoms. The van der Waals surface area contributed by atoms with E-state index in [1.807, 2.05) is 60.7 Å². The summed E-state index contributed by atoms with van der Waals surface area (Å²) in [5.41, 5.74) is 3.86. The van der Waals surface area contributed by atoms with Crippen molar-refractivity contribution < 1.29 is 13.9 Å². The van der Waals surface area contributed by atoms with Crippen molar-refractivity contribution in [2.45, 2.75) is 0 Å². The van der Waals surface area contributed by atoms with Crippen LogP contribution in [-0.2, 0) is 0 Å². The number of benzene rings is 3. The van der Waals surface area contributed by atoms with Crippen molar-refractivity contribution in [3.05, 3.63) is 83.9 Å². The van der Waals surface area contributed by atoms with Gasteiger partial charge in [0.2, 0.25) is 0 Å². The van der Waals surface area contributed by atoms with Gasteiger partial charge in [0, 0.05) is 29.6 Å². The van der Waals surface area contributed by atoms with Gasteiger partial charge in [0.05, 0.1) is 18.7 Å². The summed E-state index contributed by atoms with van der Waals surface area (Å²) < 4.78 is 18.2. The number of fused-ring (bicyclic) bond motifs is 1. The van der Waals surface area contributed by atoms with Crippen molar-refractivity contribution in [2.24, 2.45) is 9.98 Å². The largest absolute Gasteiger partial charge is 0.490 e. The number of para-hydroxylation sites is 1. The van der Waals surface area contributed by atoms with Crippen molar-refractivity contribution in [3.8, 4) is 22.8 Å². The topological polar surface area (TPSA) is 80.4 Å². The second-order valence-electron chi connectivity index (χ2n) is 8.39. The van der Waals surface area contributed by atoms with Crippen LogP contribution in [0.3, 0.4) is 0 Å². The summed E-state index contributed by atoms with van der Waals surface area (Å²) in [6.07, 6.45) is 0. The van der Waals surface area contributed by atoms with Gasteiger partial charge in [0.15, 0.2) is 0 Å². The molecule has 7 heteroatoms. The fraction of sp³-hybridized carbons (Fsp3) is 0.214. The first kappa shape index (κ1) is 21.3. The molecule has 176 valence electrons. The normalized spacial score (nSPS) is 14.9. The monoisotopic (exact) mass is 466 g/mol. The molecule has 2 aliphatic heterocycles. The van der Waals surface area contributed by atoms with Crippen LogP contribution in [0.4, 0.5) is 0 Å². The maximum absolute atomic E-state index is 6.22. The number of nitrogens with zero attached hydrogens (tertiary/aromatic N) is 2. The van der Waals surface area contributed by atoms with Gasteiger partial charge in [0.25, 0.3) is 0 Å². The Hall–Kier alpha value is -4.26. The predicted molar refractivity (Wildman–Crippen MR) is 138 cm³/mol. The van der Waals surface area contributed by atoms with Crippen LogP contribution in [0.2, 0.25) is 0 Å². The minimum atomic E-state index is 0.420. The molecule has 0 unspecified atom stereocenters. The Morgan fingerprint density at radius 2 is 1.46 bits per heavy atom. The third-order valence-corrected chi connectivity index (χ3v) is 6.03. The number of ether oxygens (including phenoxy) is 2. The van der Waals surface area contributed by atoms with E-state index in [0.717, 1.165) is 82.8 Å². The summed E-state index contributed by atoms with van der Waals surface area (Å²) in [5, 5.41) is 7.63. The van der Waals surface area contributed by atoms with Crippen molar-refractivity contribution in [1.82, 2.24) is 10.6 Å². The lowest BCUT2D eigenvalue weighted by molar-refractivity contribution is 0.217. The second-order valence-corrected chi connectivity index (χ2v) is 8.39. The number of hydrogen-bond acceptors (Lipinski definition) is 7. The zero-order valence-corrected chi connectivity index (χ0v) is 19.3. The molecule has 2 N–H and O–H groups in total. The Labute approximate surface area is 203 Å². The number of rotatable bonds is 8. The number of aliphatic imine (C=N–C) groups is 2. The van der Waals surface area contributed by atoms with Gasteiger partial charge in [0.1, 0.15) is 47.7 Å². The lowest BCUT2D eigenvalue weighted by Crippen LogP contribution is -2.19. The number of nitrogens with one attached hydrogen (secondary N) is 2. The van der Waals surface area contributed by atoms with Crippen molar-refractivity contribution in [2.75, 3.05) is 39.4 Å². The van der Waals surface area contributed by atoms with Gasteiger partial charge in [-0.05, 0) is 48.5 Å². The quantitative estimate of drug-likeness (QED) is 0.380. The van der Waals surface area contributed by atoms with Crippen LogP contribution in [0.15, 0.2) is 87.2 Å². The summed E-state index contributed by atoms with van der Waals surface area (Å²) in [6, 6.07) is 24.1. The Morgan fingerprint density at radius 3 is 2.23 bits per heavy atom. The van der Waals surface area contributed by atoms with E-state index in [1.54, 1.807) is 0 Å². The van der Waals surface area contributed by atoms with E-state index in [-0.39, 0.29) is 0 Å². The summed E-state index contributed by atoms with van der Waals surface area (Å²) >= 11 is 0. The van der Waals surface area contributed by atoms with E-state index in [2.05, 4.69) is 32.8 Å². The zero-order valence-electron chi connectivity index (χ0n) is 19.3. The van der Waals surface area contributed by atoms with Gasteiger partial charge in [-0.3, -0.25) is 9.98 Å². The van der Waals surface area contributed by atoms with Crippen LogP contribution in [0.5, 0.6) is 11.5 Å². The molecule has 1 aromatic heterocycles. The highest BCUT2D eigenvalue weighted by molar-refractivity contribution is 6.02. The molecule has 35 heavy (non-hydrogen) atoms. The van der Waals surface area contributed by atoms with Crippen molar-refractivity contribution in [3.63, 3.8) is 0 Å². The molecule has 3 heterocycles. The lowest BCUT2D eigenvalue weighted by atomic mass is 10.1. The third kappa shape index (κ3) is 4.57. The first-order chi connectivity index (χ1) is 17.3. The molecule has 0 fully saturated rings. The molecule has 0 amide bonds. The predicted octanol–water partition coefficient (Wildman–Crippen LogP) is 4.26. The average Bonchev–Trinajstić information content (AvgIpc) is 3.68. The Balaban J connectivity index is 1.11. The van der Waals surface area contributed by atoms with Crippen LogP contribution >= 0.6 is 0 Å². The molecular formula is C28H26N4O3. The van der Waals surface area contributed by atoms with Crippen LogP contribution in [-0.4, -0.2) is 51.1 Å². The van der Waals surface area contributed by atoms with Gasteiger partial charge >= 0.3 is 0 Å². The van der Waals surface area contributed by atoms with Gasteiger partial charge < -0.3 is 24.5 Å². The maximum atomic E-state index is 6.22. The SMILES string of the molecule is c1ccc(-c2cc3ccc(C4=NCCN4)cc3o2)c(OCCOc2ccc(C3=NCCN3)cc2)c1. The fourth-order valence-electron chi connectivity index (χ4n) is 4.31. The molecule has 0 radical (unpaired) electrons. The standard InChI is InChI=1S/C28H26N4O3/c1-2-4-24(34-16-15-33-22-9-7-19(8-10-22)27-29-11-12-30-27)23(3-1)26-17-20-5-6-21(18-25(20)35-26)28-31-13-14-32-28/h1-10,17-18H,11-16H2,(H,29,30)(H,31,32). The molecule has 7 nitrogen and oxygen atoms in total. The Morgan fingerprint density at radius 1 is 0.743 bits per heavy atom. The lowest BCUT2D eigenvalue weighted by Gasteiger charge is -2.11. The molecule has 0 saturated carbocycles. The minimum Gasteiger partial charge on any atom is -0.490 e. The fourth-order valence-corrected chi connectivity index (χ4v) is 4.31. The number of amidine groups is 2. The zero-order chi connectivity index (χ0) is 23.5. The smallest absolute Gasteiger partial charge is 0.139 e. The molecule has 6 rings (SSSR count). The molecule has 2 aliphatic rings. The van der Waals surface area contributed by atoms with Crippen molar-refractivity contribution in [1.29, 1.82) is 0 Å². The molecule has 4 aromatic rings. The van der Waals surface area contributed by atoms with Gasteiger partial charge in [-0.25, -0.2) is 0 Å². The van der Waals surface area contributed by atoms with Crippen LogP contribution < -0.4 is 20.1 Å². The Bertz CT molecular complexity index is 1410. The highest BCUT2D eigenvalue weighted by Gasteiger charge is 2.14. The van der Waals surface area contributed by atoms with E-state index in [9.17, 15) is 0 Å². The van der Waals surface area contributed by atoms with E-state index >= 15 is 0 Å². The third-order valence-electron chi connectivity index (χ3n) is 6.03. The van der Waals surface area contributed by atoms with Crippen molar-refractivity contribution >= 4 is 22.6 Å².